The number of likely N-dealkylation sites (N-methyl/N-ethyl adjacent to an activating group) is 1. The van der Waals surface area contributed by atoms with Gasteiger partial charge in [-0.3, -0.25) is 13.8 Å². The summed E-state index contributed by atoms with van der Waals surface area (Å²) in [5.41, 5.74) is 0. The third kappa shape index (κ3) is 39.5. The number of phosphoric ester groups is 1. The molecule has 0 aliphatic heterocycles. The normalized spacial score (nSPS) is 14.4. The van der Waals surface area contributed by atoms with E-state index < -0.39 is 13.9 Å². The van der Waals surface area contributed by atoms with Crippen molar-refractivity contribution in [3.8, 4) is 0 Å². The van der Waals surface area contributed by atoms with E-state index in [-0.39, 0.29) is 25.8 Å². The molecular weight excluding hydrogens is 661 g/mol. The molecule has 8 nitrogen and oxygen atoms in total. The lowest BCUT2D eigenvalue weighted by Gasteiger charge is -2.24. The number of carbonyl (C=O) groups excluding carboxylic acids is 1. The number of quaternary nitrogens is 1. The standard InChI is InChI=1S/C42H78NO7P/c1-6-8-10-12-14-16-18-20-21-22-24-26-28-30-32-34-37-47-41(40-50-51(45,46)49-38-36-43(3,4)5)39-48-42(44)35-33-31-29-27-25-23-19-17-15-13-11-9-7-2/h8,10,12,14,16,18,20-21,41H,6-7,9,11,13,15,17,19,22-40H2,1-5H3/p+1/b10-8-,14-12+,18-16+,21-20-/t41-/m1/s1. The minimum atomic E-state index is -4.25. The molecule has 0 fully saturated rings. The number of phosphoric acid groups is 1. The number of allylic oxidation sites excluding steroid dienone is 8. The fraction of sp³-hybridized carbons (Fsp3) is 0.786. The molecule has 1 N–H and O–H groups in total. The summed E-state index contributed by atoms with van der Waals surface area (Å²) in [4.78, 5) is 22.6. The van der Waals surface area contributed by atoms with E-state index in [0.717, 1.165) is 51.4 Å². The Kier molecular flexibility index (Phi) is 34.4. The summed E-state index contributed by atoms with van der Waals surface area (Å²) in [7, 11) is 1.69. The van der Waals surface area contributed by atoms with Gasteiger partial charge in [0.15, 0.2) is 0 Å². The van der Waals surface area contributed by atoms with E-state index in [2.05, 4.69) is 44.2 Å². The fourth-order valence-electron chi connectivity index (χ4n) is 5.30. The van der Waals surface area contributed by atoms with Crippen LogP contribution in [0.25, 0.3) is 0 Å². The van der Waals surface area contributed by atoms with Crippen LogP contribution in [0.3, 0.4) is 0 Å². The number of unbranched alkanes of at least 4 members (excludes halogenated alkanes) is 18. The molecule has 0 saturated carbocycles. The molecule has 0 bridgehead atoms. The Morgan fingerprint density at radius 3 is 1.71 bits per heavy atom. The van der Waals surface area contributed by atoms with Crippen molar-refractivity contribution >= 4 is 13.8 Å². The molecule has 0 aliphatic rings. The van der Waals surface area contributed by atoms with Crippen LogP contribution in [0, 0.1) is 0 Å². The molecule has 0 radical (unpaired) electrons. The van der Waals surface area contributed by atoms with Crippen molar-refractivity contribution in [3.05, 3.63) is 48.6 Å². The predicted molar refractivity (Wildman–Crippen MR) is 215 cm³/mol. The Balaban J connectivity index is 4.31. The molecule has 0 rings (SSSR count). The first-order chi connectivity index (χ1) is 24.6. The van der Waals surface area contributed by atoms with Gasteiger partial charge < -0.3 is 18.9 Å². The molecule has 0 spiro atoms. The van der Waals surface area contributed by atoms with Crippen molar-refractivity contribution < 1.29 is 37.3 Å². The minimum absolute atomic E-state index is 0.00887. The van der Waals surface area contributed by atoms with Crippen LogP contribution in [0.4, 0.5) is 0 Å². The second-order valence-corrected chi connectivity index (χ2v) is 16.2. The van der Waals surface area contributed by atoms with Gasteiger partial charge in [0, 0.05) is 13.0 Å². The molecule has 9 heteroatoms. The first-order valence-corrected chi connectivity index (χ1v) is 21.9. The number of hydrogen-bond donors (Lipinski definition) is 1. The largest absolute Gasteiger partial charge is 0.472 e. The van der Waals surface area contributed by atoms with Gasteiger partial charge in [-0.05, 0) is 32.1 Å². The second kappa shape index (κ2) is 35.5. The highest BCUT2D eigenvalue weighted by atomic mass is 31.2. The van der Waals surface area contributed by atoms with Crippen LogP contribution in [0.2, 0.25) is 0 Å². The van der Waals surface area contributed by atoms with Gasteiger partial charge in [0.2, 0.25) is 0 Å². The third-order valence-electron chi connectivity index (χ3n) is 8.54. The molecular formula is C42H79NO7P+. The first-order valence-electron chi connectivity index (χ1n) is 20.4. The van der Waals surface area contributed by atoms with Crippen molar-refractivity contribution in [2.75, 3.05) is 54.1 Å². The average molecular weight is 741 g/mol. The van der Waals surface area contributed by atoms with Gasteiger partial charge in [0.05, 0.1) is 27.7 Å². The number of esters is 1. The van der Waals surface area contributed by atoms with Crippen LogP contribution in [-0.4, -0.2) is 75.6 Å². The molecule has 0 saturated heterocycles. The van der Waals surface area contributed by atoms with Gasteiger partial charge in [-0.15, -0.1) is 0 Å². The highest BCUT2D eigenvalue weighted by molar-refractivity contribution is 7.47. The first kappa shape index (κ1) is 49.5. The quantitative estimate of drug-likeness (QED) is 0.0223. The lowest BCUT2D eigenvalue weighted by Crippen LogP contribution is -2.37. The Morgan fingerprint density at radius 2 is 1.14 bits per heavy atom. The van der Waals surface area contributed by atoms with E-state index in [1.54, 1.807) is 0 Å². The molecule has 298 valence electrons. The SMILES string of the molecule is CC\C=C/C=C/C=C/C=C\CCCCCCCCO[C@H](COC(=O)CCCCCCCCCCCCCCC)COP(=O)(O)OCC[N+](C)(C)C. The monoisotopic (exact) mass is 741 g/mol. The molecule has 0 aromatic carbocycles. The average Bonchev–Trinajstić information content (AvgIpc) is 3.08. The summed E-state index contributed by atoms with van der Waals surface area (Å²) in [6.45, 7) is 5.33. The van der Waals surface area contributed by atoms with E-state index >= 15 is 0 Å². The summed E-state index contributed by atoms with van der Waals surface area (Å²) in [5, 5.41) is 0. The van der Waals surface area contributed by atoms with Crippen molar-refractivity contribution in [1.82, 2.24) is 0 Å². The molecule has 0 heterocycles. The number of hydrogen-bond acceptors (Lipinski definition) is 6. The van der Waals surface area contributed by atoms with E-state index in [1.165, 1.54) is 83.5 Å². The third-order valence-corrected chi connectivity index (χ3v) is 9.52. The molecule has 0 aliphatic carbocycles. The second-order valence-electron chi connectivity index (χ2n) is 14.7. The van der Waals surface area contributed by atoms with Gasteiger partial charge in [0.25, 0.3) is 0 Å². The zero-order valence-electron chi connectivity index (χ0n) is 33.6. The molecule has 0 amide bonds. The number of rotatable bonds is 37. The van der Waals surface area contributed by atoms with Crippen LogP contribution in [0.1, 0.15) is 155 Å². The summed E-state index contributed by atoms with van der Waals surface area (Å²) in [6, 6.07) is 0. The van der Waals surface area contributed by atoms with Gasteiger partial charge in [-0.1, -0.05) is 165 Å². The highest BCUT2D eigenvalue weighted by Gasteiger charge is 2.25. The lowest BCUT2D eigenvalue weighted by atomic mass is 10.0. The maximum absolute atomic E-state index is 12.5. The van der Waals surface area contributed by atoms with Crippen molar-refractivity contribution in [2.45, 2.75) is 161 Å². The van der Waals surface area contributed by atoms with Gasteiger partial charge in [-0.25, -0.2) is 4.57 Å². The van der Waals surface area contributed by atoms with Crippen LogP contribution in [0.5, 0.6) is 0 Å². The number of carbonyl (C=O) groups is 1. The van der Waals surface area contributed by atoms with E-state index in [4.69, 9.17) is 18.5 Å². The number of ether oxygens (including phenoxy) is 2. The van der Waals surface area contributed by atoms with E-state index in [1.807, 2.05) is 39.4 Å². The topological polar surface area (TPSA) is 91.3 Å². The predicted octanol–water partition coefficient (Wildman–Crippen LogP) is 11.6. The van der Waals surface area contributed by atoms with Crippen LogP contribution >= 0.6 is 7.82 Å². The maximum Gasteiger partial charge on any atom is 0.472 e. The van der Waals surface area contributed by atoms with Crippen molar-refractivity contribution in [2.24, 2.45) is 0 Å². The highest BCUT2D eigenvalue weighted by Crippen LogP contribution is 2.43. The van der Waals surface area contributed by atoms with Crippen molar-refractivity contribution in [1.29, 1.82) is 0 Å². The lowest BCUT2D eigenvalue weighted by molar-refractivity contribution is -0.870. The molecule has 0 aromatic rings. The summed E-state index contributed by atoms with van der Waals surface area (Å²) < 4.78 is 34.9. The fourth-order valence-corrected chi connectivity index (χ4v) is 6.04. The molecule has 1 unspecified atom stereocenters. The van der Waals surface area contributed by atoms with Gasteiger partial charge in [-0.2, -0.15) is 0 Å². The Labute approximate surface area is 314 Å². The Hall–Kier alpha value is -1.54. The summed E-state index contributed by atoms with van der Waals surface area (Å²) in [6.07, 6.45) is 41.5. The van der Waals surface area contributed by atoms with Crippen LogP contribution in [0.15, 0.2) is 48.6 Å². The zero-order chi connectivity index (χ0) is 37.7. The van der Waals surface area contributed by atoms with Crippen molar-refractivity contribution in [3.63, 3.8) is 0 Å². The summed E-state index contributed by atoms with van der Waals surface area (Å²) in [5.74, 6) is -0.263. The molecule has 0 aromatic heterocycles. The zero-order valence-corrected chi connectivity index (χ0v) is 34.5. The number of nitrogens with zero attached hydrogens (tertiary/aromatic N) is 1. The van der Waals surface area contributed by atoms with E-state index in [9.17, 15) is 14.3 Å². The summed E-state index contributed by atoms with van der Waals surface area (Å²) >= 11 is 0. The minimum Gasteiger partial charge on any atom is -0.463 e. The van der Waals surface area contributed by atoms with Crippen LogP contribution < -0.4 is 0 Å². The smallest absolute Gasteiger partial charge is 0.463 e. The Bertz CT molecular complexity index is 957. The molecule has 51 heavy (non-hydrogen) atoms. The van der Waals surface area contributed by atoms with Gasteiger partial charge in [0.1, 0.15) is 25.9 Å². The maximum atomic E-state index is 12.5. The van der Waals surface area contributed by atoms with E-state index in [0.29, 0.717) is 24.1 Å². The van der Waals surface area contributed by atoms with Crippen LogP contribution in [-0.2, 0) is 27.9 Å². The molecule has 2 atom stereocenters. The Morgan fingerprint density at radius 1 is 0.627 bits per heavy atom. The van der Waals surface area contributed by atoms with Gasteiger partial charge >= 0.3 is 13.8 Å².